The van der Waals surface area contributed by atoms with Crippen molar-refractivity contribution in [3.8, 4) is 0 Å². The number of likely N-dealkylation sites (tertiary alicyclic amines) is 1. The van der Waals surface area contributed by atoms with Crippen LogP contribution in [0.15, 0.2) is 24.3 Å². The van der Waals surface area contributed by atoms with E-state index in [1.807, 2.05) is 17.0 Å². The largest absolute Gasteiger partial charge is 0.369 e. The highest BCUT2D eigenvalue weighted by molar-refractivity contribution is 7.80. The third-order valence-corrected chi connectivity index (χ3v) is 4.06. The molecule has 0 aliphatic carbocycles. The first-order valence-electron chi connectivity index (χ1n) is 7.04. The van der Waals surface area contributed by atoms with E-state index < -0.39 is 0 Å². The topological polar surface area (TPSA) is 58.4 Å². The number of nitrogens with two attached hydrogens (primary N) is 1. The second-order valence-electron chi connectivity index (χ2n) is 5.17. The molecular weight excluding hydrogens is 270 g/mol. The number of primary amides is 1. The zero-order valence-corrected chi connectivity index (χ0v) is 12.6. The van der Waals surface area contributed by atoms with Gasteiger partial charge < -0.3 is 16.0 Å². The van der Waals surface area contributed by atoms with Crippen molar-refractivity contribution in [2.24, 2.45) is 11.7 Å². The molecule has 4 nitrogen and oxygen atoms in total. The molecule has 1 aliphatic rings. The van der Waals surface area contributed by atoms with Crippen molar-refractivity contribution in [3.05, 3.63) is 29.8 Å². The zero-order valence-electron chi connectivity index (χ0n) is 11.8. The van der Waals surface area contributed by atoms with Crippen LogP contribution in [-0.2, 0) is 11.2 Å². The Morgan fingerprint density at radius 2 is 2.35 bits per heavy atom. The number of anilines is 1. The molecule has 5 heteroatoms. The summed E-state index contributed by atoms with van der Waals surface area (Å²) in [6.07, 6.45) is 2.81. The maximum absolute atomic E-state index is 11.3. The van der Waals surface area contributed by atoms with E-state index in [0.717, 1.165) is 31.5 Å². The number of rotatable bonds is 3. The van der Waals surface area contributed by atoms with Crippen LogP contribution in [0.2, 0.25) is 0 Å². The number of hydrogen-bond acceptors (Lipinski definition) is 2. The normalized spacial score (nSPS) is 18.6. The van der Waals surface area contributed by atoms with Crippen LogP contribution < -0.4 is 11.1 Å². The highest BCUT2D eigenvalue weighted by Gasteiger charge is 2.25. The third kappa shape index (κ3) is 3.70. The lowest BCUT2D eigenvalue weighted by Gasteiger charge is -2.33. The minimum Gasteiger partial charge on any atom is -0.369 e. The minimum atomic E-state index is -0.231. The van der Waals surface area contributed by atoms with Gasteiger partial charge in [0.05, 0.1) is 5.92 Å². The van der Waals surface area contributed by atoms with Gasteiger partial charge in [-0.25, -0.2) is 0 Å². The van der Waals surface area contributed by atoms with Crippen molar-refractivity contribution in [3.63, 3.8) is 0 Å². The summed E-state index contributed by atoms with van der Waals surface area (Å²) in [5, 5.41) is 3.92. The molecule has 1 amide bonds. The van der Waals surface area contributed by atoms with Gasteiger partial charge in [-0.3, -0.25) is 4.79 Å². The van der Waals surface area contributed by atoms with E-state index in [1.54, 1.807) is 0 Å². The smallest absolute Gasteiger partial charge is 0.222 e. The van der Waals surface area contributed by atoms with Gasteiger partial charge in [0.2, 0.25) is 5.91 Å². The molecule has 3 N–H and O–H groups in total. The van der Waals surface area contributed by atoms with Gasteiger partial charge in [0.1, 0.15) is 0 Å². The summed E-state index contributed by atoms with van der Waals surface area (Å²) >= 11 is 5.44. The summed E-state index contributed by atoms with van der Waals surface area (Å²) in [6, 6.07) is 8.22. The van der Waals surface area contributed by atoms with Crippen LogP contribution in [0.5, 0.6) is 0 Å². The number of amides is 1. The quantitative estimate of drug-likeness (QED) is 0.838. The molecule has 108 valence electrons. The summed E-state index contributed by atoms with van der Waals surface area (Å²) < 4.78 is 0. The average Bonchev–Trinajstić information content (AvgIpc) is 2.47. The molecule has 0 radical (unpaired) electrons. The molecule has 1 aromatic carbocycles. The number of benzene rings is 1. The Labute approximate surface area is 125 Å². The van der Waals surface area contributed by atoms with Gasteiger partial charge in [-0.1, -0.05) is 19.1 Å². The first kappa shape index (κ1) is 14.8. The van der Waals surface area contributed by atoms with E-state index in [1.165, 1.54) is 5.56 Å². The van der Waals surface area contributed by atoms with Crippen LogP contribution in [0.25, 0.3) is 0 Å². The number of nitrogens with one attached hydrogen (secondary N) is 1. The Kier molecular flexibility index (Phi) is 4.95. The van der Waals surface area contributed by atoms with Crippen molar-refractivity contribution in [1.82, 2.24) is 4.90 Å². The van der Waals surface area contributed by atoms with Crippen LogP contribution in [0.4, 0.5) is 5.69 Å². The van der Waals surface area contributed by atoms with E-state index in [2.05, 4.69) is 24.4 Å². The second-order valence-corrected chi connectivity index (χ2v) is 5.56. The van der Waals surface area contributed by atoms with Crippen LogP contribution in [0.1, 0.15) is 25.3 Å². The summed E-state index contributed by atoms with van der Waals surface area (Å²) in [5.74, 6) is -0.323. The lowest BCUT2D eigenvalue weighted by atomic mass is 9.98. The van der Waals surface area contributed by atoms with Gasteiger partial charge in [-0.05, 0) is 49.2 Å². The molecule has 0 spiro atoms. The molecule has 2 rings (SSSR count). The maximum atomic E-state index is 11.3. The first-order valence-corrected chi connectivity index (χ1v) is 7.45. The Balaban J connectivity index is 1.98. The second kappa shape index (κ2) is 6.70. The van der Waals surface area contributed by atoms with Crippen LogP contribution in [-0.4, -0.2) is 29.0 Å². The van der Waals surface area contributed by atoms with Crippen molar-refractivity contribution in [2.75, 3.05) is 18.4 Å². The third-order valence-electron chi connectivity index (χ3n) is 3.70. The van der Waals surface area contributed by atoms with Crippen molar-refractivity contribution in [2.45, 2.75) is 26.2 Å². The van der Waals surface area contributed by atoms with Gasteiger partial charge in [0, 0.05) is 18.8 Å². The predicted octanol–water partition coefficient (Wildman–Crippen LogP) is 2.14. The van der Waals surface area contributed by atoms with Gasteiger partial charge in [0.25, 0.3) is 0 Å². The Morgan fingerprint density at radius 3 is 3.05 bits per heavy atom. The van der Waals surface area contributed by atoms with Gasteiger partial charge >= 0.3 is 0 Å². The van der Waals surface area contributed by atoms with Crippen LogP contribution in [0, 0.1) is 5.92 Å². The number of hydrogen-bond donors (Lipinski definition) is 2. The lowest BCUT2D eigenvalue weighted by Crippen LogP contribution is -2.45. The van der Waals surface area contributed by atoms with Crippen LogP contribution in [0.3, 0.4) is 0 Å². The monoisotopic (exact) mass is 291 g/mol. The first-order chi connectivity index (χ1) is 9.60. The van der Waals surface area contributed by atoms with Crippen molar-refractivity contribution < 1.29 is 4.79 Å². The molecule has 1 aromatic rings. The van der Waals surface area contributed by atoms with E-state index in [9.17, 15) is 4.79 Å². The summed E-state index contributed by atoms with van der Waals surface area (Å²) in [6.45, 7) is 3.62. The molecule has 1 saturated heterocycles. The highest BCUT2D eigenvalue weighted by Crippen LogP contribution is 2.18. The van der Waals surface area contributed by atoms with Crippen molar-refractivity contribution in [1.29, 1.82) is 0 Å². The molecule has 0 unspecified atom stereocenters. The summed E-state index contributed by atoms with van der Waals surface area (Å²) in [5.41, 5.74) is 7.66. The molecule has 0 aromatic heterocycles. The maximum Gasteiger partial charge on any atom is 0.222 e. The predicted molar refractivity (Wildman–Crippen MR) is 85.5 cm³/mol. The molecular formula is C15H21N3OS. The van der Waals surface area contributed by atoms with Gasteiger partial charge in [0.15, 0.2) is 5.11 Å². The number of nitrogens with zero attached hydrogens (tertiary/aromatic N) is 1. The highest BCUT2D eigenvalue weighted by atomic mass is 32.1. The van der Waals surface area contributed by atoms with E-state index >= 15 is 0 Å². The zero-order chi connectivity index (χ0) is 14.5. The lowest BCUT2D eigenvalue weighted by molar-refractivity contribution is -0.122. The summed E-state index contributed by atoms with van der Waals surface area (Å²) in [7, 11) is 0. The average molecular weight is 291 g/mol. The molecule has 20 heavy (non-hydrogen) atoms. The molecule has 0 saturated carbocycles. The number of carbonyl (C=O) groups excluding carboxylic acids is 1. The van der Waals surface area contributed by atoms with Gasteiger partial charge in [-0.2, -0.15) is 0 Å². The fourth-order valence-corrected chi connectivity index (χ4v) is 2.75. The van der Waals surface area contributed by atoms with Crippen LogP contribution >= 0.6 is 12.2 Å². The molecule has 1 fully saturated rings. The fourth-order valence-electron chi connectivity index (χ4n) is 2.47. The number of aryl methyl sites for hydroxylation is 1. The Hall–Kier alpha value is -1.62. The van der Waals surface area contributed by atoms with E-state index in [-0.39, 0.29) is 11.8 Å². The van der Waals surface area contributed by atoms with Gasteiger partial charge in [-0.15, -0.1) is 0 Å². The summed E-state index contributed by atoms with van der Waals surface area (Å²) in [4.78, 5) is 13.3. The number of piperidine rings is 1. The molecule has 1 aliphatic heterocycles. The Bertz CT molecular complexity index is 504. The molecule has 1 atom stereocenters. The standard InChI is InChI=1S/C15H21N3OS/c1-2-11-5-3-7-13(9-11)17-15(20)18-8-4-6-12(10-18)14(16)19/h3,5,7,9,12H,2,4,6,8,10H2,1H3,(H2,16,19)(H,17,20)/t12-/m1/s1. The SMILES string of the molecule is CCc1cccc(NC(=S)N2CCC[C@@H](C(N)=O)C2)c1. The fraction of sp³-hybridized carbons (Fsp3) is 0.467. The van der Waals surface area contributed by atoms with E-state index in [0.29, 0.717) is 11.7 Å². The molecule has 1 heterocycles. The number of thiocarbonyl (C=S) groups is 1. The minimum absolute atomic E-state index is 0.0922. The van der Waals surface area contributed by atoms with E-state index in [4.69, 9.17) is 18.0 Å². The van der Waals surface area contributed by atoms with Crippen molar-refractivity contribution >= 4 is 28.9 Å². The molecule has 0 bridgehead atoms. The Morgan fingerprint density at radius 1 is 1.55 bits per heavy atom. The number of carbonyl (C=O) groups is 1.